The minimum absolute atomic E-state index is 0.0516. The fraction of sp³-hybridized carbons (Fsp3) is 0.917. The molecular formula is C12H24N2O3S. The van der Waals surface area contributed by atoms with Crippen molar-refractivity contribution in [3.8, 4) is 0 Å². The first-order valence-corrected chi connectivity index (χ1v) is 8.18. The van der Waals surface area contributed by atoms with Gasteiger partial charge in [-0.1, -0.05) is 20.8 Å². The molecule has 0 aromatic heterocycles. The lowest BCUT2D eigenvalue weighted by Gasteiger charge is -2.22. The van der Waals surface area contributed by atoms with Gasteiger partial charge in [-0.2, -0.15) is 0 Å². The Labute approximate surface area is 110 Å². The fourth-order valence-electron chi connectivity index (χ4n) is 2.25. The van der Waals surface area contributed by atoms with E-state index in [9.17, 15) is 13.2 Å². The van der Waals surface area contributed by atoms with Crippen LogP contribution in [0.2, 0.25) is 0 Å². The van der Waals surface area contributed by atoms with Crippen molar-refractivity contribution < 1.29 is 13.2 Å². The number of carbonyl (C=O) groups is 1. The number of likely N-dealkylation sites (tertiary alicyclic amines) is 1. The van der Waals surface area contributed by atoms with E-state index in [0.29, 0.717) is 19.6 Å². The summed E-state index contributed by atoms with van der Waals surface area (Å²) < 4.78 is 23.5. The lowest BCUT2D eigenvalue weighted by molar-refractivity contribution is -0.127. The molecule has 1 unspecified atom stereocenters. The van der Waals surface area contributed by atoms with Crippen molar-refractivity contribution in [1.82, 2.24) is 4.90 Å². The molecule has 1 heterocycles. The second kappa shape index (κ2) is 5.57. The van der Waals surface area contributed by atoms with Crippen LogP contribution >= 0.6 is 0 Å². The summed E-state index contributed by atoms with van der Waals surface area (Å²) in [4.78, 5) is 13.6. The van der Waals surface area contributed by atoms with Crippen LogP contribution in [0.1, 0.15) is 27.2 Å². The molecule has 1 aliphatic rings. The number of amides is 1. The number of nitrogens with zero attached hydrogens (tertiary/aromatic N) is 1. The van der Waals surface area contributed by atoms with Gasteiger partial charge >= 0.3 is 0 Å². The van der Waals surface area contributed by atoms with Gasteiger partial charge in [0.05, 0.1) is 5.75 Å². The molecule has 0 aromatic carbocycles. The topological polar surface area (TPSA) is 80.5 Å². The minimum atomic E-state index is -3.28. The highest BCUT2D eigenvalue weighted by Crippen LogP contribution is 2.28. The molecule has 1 saturated heterocycles. The van der Waals surface area contributed by atoms with Gasteiger partial charge in [-0.05, 0) is 24.3 Å². The molecule has 1 rings (SSSR count). The largest absolute Gasteiger partial charge is 0.341 e. The monoisotopic (exact) mass is 276 g/mol. The van der Waals surface area contributed by atoms with Gasteiger partial charge in [0.15, 0.2) is 9.84 Å². The molecule has 0 aromatic rings. The van der Waals surface area contributed by atoms with Crippen molar-refractivity contribution in [2.45, 2.75) is 27.2 Å². The number of carbonyl (C=O) groups excluding carboxylic acids is 1. The Balaban J connectivity index is 2.58. The molecule has 2 N–H and O–H groups in total. The van der Waals surface area contributed by atoms with Crippen LogP contribution in [0.15, 0.2) is 0 Å². The summed E-state index contributed by atoms with van der Waals surface area (Å²) in [6.07, 6.45) is 0.847. The zero-order valence-electron chi connectivity index (χ0n) is 11.5. The molecule has 1 fully saturated rings. The Bertz CT molecular complexity index is 406. The quantitative estimate of drug-likeness (QED) is 0.781. The Morgan fingerprint density at radius 1 is 1.44 bits per heavy atom. The van der Waals surface area contributed by atoms with E-state index in [-0.39, 0.29) is 28.7 Å². The number of hydrogen-bond donors (Lipinski definition) is 1. The van der Waals surface area contributed by atoms with E-state index in [0.717, 1.165) is 6.42 Å². The van der Waals surface area contributed by atoms with Crippen LogP contribution in [-0.4, -0.2) is 50.4 Å². The minimum Gasteiger partial charge on any atom is -0.341 e. The molecule has 1 aliphatic heterocycles. The van der Waals surface area contributed by atoms with Crippen molar-refractivity contribution in [1.29, 1.82) is 0 Å². The maximum Gasteiger partial charge on any atom is 0.237 e. The van der Waals surface area contributed by atoms with Crippen molar-refractivity contribution in [3.05, 3.63) is 0 Å². The molecule has 106 valence electrons. The number of sulfone groups is 1. The van der Waals surface area contributed by atoms with Crippen LogP contribution in [0.25, 0.3) is 0 Å². The molecule has 1 amide bonds. The van der Waals surface area contributed by atoms with Crippen LogP contribution in [-0.2, 0) is 14.6 Å². The highest BCUT2D eigenvalue weighted by molar-refractivity contribution is 7.92. The molecule has 0 radical (unpaired) electrons. The Morgan fingerprint density at radius 3 is 2.50 bits per heavy atom. The molecular weight excluding hydrogens is 252 g/mol. The number of nitrogens with two attached hydrogens (primary N) is 1. The average molecular weight is 276 g/mol. The molecule has 5 nitrogen and oxygen atoms in total. The van der Waals surface area contributed by atoms with Gasteiger partial charge in [-0.3, -0.25) is 4.79 Å². The second-order valence-corrected chi connectivity index (χ2v) is 8.14. The average Bonchev–Trinajstić information content (AvgIpc) is 2.59. The van der Waals surface area contributed by atoms with E-state index in [4.69, 9.17) is 5.73 Å². The van der Waals surface area contributed by atoms with Crippen LogP contribution in [0, 0.1) is 11.3 Å². The van der Waals surface area contributed by atoms with Gasteiger partial charge in [0.2, 0.25) is 5.91 Å². The van der Waals surface area contributed by atoms with E-state index in [1.54, 1.807) is 4.90 Å². The third kappa shape index (κ3) is 4.24. The summed E-state index contributed by atoms with van der Waals surface area (Å²) in [6, 6.07) is 0. The van der Waals surface area contributed by atoms with E-state index < -0.39 is 9.84 Å². The summed E-state index contributed by atoms with van der Waals surface area (Å²) in [5.41, 5.74) is 5.61. The van der Waals surface area contributed by atoms with Crippen LogP contribution in [0.3, 0.4) is 0 Å². The van der Waals surface area contributed by atoms with Gasteiger partial charge in [-0.25, -0.2) is 8.42 Å². The standard InChI is InChI=1S/C12H24N2O3S/c1-10(2)6-18(16,17)7-11(15)14-5-4-12(3,8-13)9-14/h10H,4-9,13H2,1-3H3. The smallest absolute Gasteiger partial charge is 0.237 e. The number of rotatable bonds is 5. The highest BCUT2D eigenvalue weighted by atomic mass is 32.2. The first-order valence-electron chi connectivity index (χ1n) is 6.36. The number of hydrogen-bond acceptors (Lipinski definition) is 4. The lowest BCUT2D eigenvalue weighted by Crippen LogP contribution is -2.38. The van der Waals surface area contributed by atoms with Gasteiger partial charge in [0.1, 0.15) is 5.75 Å². The van der Waals surface area contributed by atoms with Crippen LogP contribution in [0.4, 0.5) is 0 Å². The first kappa shape index (κ1) is 15.4. The normalized spacial score (nSPS) is 24.8. The fourth-order valence-corrected chi connectivity index (χ4v) is 3.94. The third-order valence-corrected chi connectivity index (χ3v) is 5.20. The maximum atomic E-state index is 12.0. The SMILES string of the molecule is CC(C)CS(=O)(=O)CC(=O)N1CCC(C)(CN)C1. The molecule has 6 heteroatoms. The molecule has 0 bridgehead atoms. The maximum absolute atomic E-state index is 12.0. The van der Waals surface area contributed by atoms with Crippen molar-refractivity contribution in [3.63, 3.8) is 0 Å². The Hall–Kier alpha value is -0.620. The first-order chi connectivity index (χ1) is 8.17. The summed E-state index contributed by atoms with van der Waals surface area (Å²) in [5, 5.41) is 0. The van der Waals surface area contributed by atoms with Crippen LogP contribution in [0.5, 0.6) is 0 Å². The van der Waals surface area contributed by atoms with E-state index >= 15 is 0 Å². The van der Waals surface area contributed by atoms with Crippen molar-refractivity contribution >= 4 is 15.7 Å². The molecule has 0 aliphatic carbocycles. The van der Waals surface area contributed by atoms with Gasteiger partial charge in [-0.15, -0.1) is 0 Å². The zero-order chi connectivity index (χ0) is 14.0. The zero-order valence-corrected chi connectivity index (χ0v) is 12.3. The van der Waals surface area contributed by atoms with Crippen molar-refractivity contribution in [2.75, 3.05) is 31.1 Å². The highest BCUT2D eigenvalue weighted by Gasteiger charge is 2.35. The van der Waals surface area contributed by atoms with Gasteiger partial charge < -0.3 is 10.6 Å². The molecule has 0 spiro atoms. The van der Waals surface area contributed by atoms with E-state index in [1.807, 2.05) is 20.8 Å². The van der Waals surface area contributed by atoms with E-state index in [1.165, 1.54) is 0 Å². The van der Waals surface area contributed by atoms with Gasteiger partial charge in [0.25, 0.3) is 0 Å². The molecule has 1 atom stereocenters. The van der Waals surface area contributed by atoms with Crippen molar-refractivity contribution in [2.24, 2.45) is 17.1 Å². The summed E-state index contributed by atoms with van der Waals surface area (Å²) in [5.74, 6) is -0.532. The Morgan fingerprint density at radius 2 is 2.06 bits per heavy atom. The lowest BCUT2D eigenvalue weighted by atomic mass is 9.90. The predicted octanol–water partition coefficient (Wildman–Crippen LogP) is 0.255. The van der Waals surface area contributed by atoms with E-state index in [2.05, 4.69) is 0 Å². The predicted molar refractivity (Wildman–Crippen MR) is 71.9 cm³/mol. The van der Waals surface area contributed by atoms with Gasteiger partial charge in [0, 0.05) is 13.1 Å². The van der Waals surface area contributed by atoms with Crippen LogP contribution < -0.4 is 5.73 Å². The molecule has 18 heavy (non-hydrogen) atoms. The molecule has 0 saturated carbocycles. The second-order valence-electron chi connectivity index (χ2n) is 6.03. The Kier molecular flexibility index (Phi) is 4.78. The summed E-state index contributed by atoms with van der Waals surface area (Å²) in [7, 11) is -3.28. The summed E-state index contributed by atoms with van der Waals surface area (Å²) >= 11 is 0. The third-order valence-electron chi connectivity index (χ3n) is 3.33. The summed E-state index contributed by atoms with van der Waals surface area (Å²) in [6.45, 7) is 7.41.